The number of pyridine rings is 1. The lowest BCUT2D eigenvalue weighted by molar-refractivity contribution is 0.666. The van der Waals surface area contributed by atoms with E-state index in [0.29, 0.717) is 5.88 Å². The second-order valence-electron chi connectivity index (χ2n) is 2.89. The zero-order valence-electron chi connectivity index (χ0n) is 7.60. The van der Waals surface area contributed by atoms with E-state index in [-0.39, 0.29) is 0 Å². The molecule has 4 heteroatoms. The van der Waals surface area contributed by atoms with Crippen LogP contribution < -0.4 is 0 Å². The van der Waals surface area contributed by atoms with Gasteiger partial charge in [0.2, 0.25) is 0 Å². The van der Waals surface area contributed by atoms with E-state index < -0.39 is 0 Å². The van der Waals surface area contributed by atoms with E-state index in [1.54, 1.807) is 12.4 Å². The van der Waals surface area contributed by atoms with Crippen LogP contribution in [-0.4, -0.2) is 20.6 Å². The van der Waals surface area contributed by atoms with Crippen molar-refractivity contribution in [1.82, 2.24) is 14.8 Å². The van der Waals surface area contributed by atoms with Crippen molar-refractivity contribution in [2.24, 2.45) is 0 Å². The third-order valence-electron chi connectivity index (χ3n) is 1.93. The highest BCUT2D eigenvalue weighted by Gasteiger charge is 2.00. The van der Waals surface area contributed by atoms with Crippen LogP contribution in [0.15, 0.2) is 36.8 Å². The quantitative estimate of drug-likeness (QED) is 0.723. The van der Waals surface area contributed by atoms with Crippen molar-refractivity contribution in [3.8, 4) is 11.3 Å². The smallest absolute Gasteiger partial charge is 0.0924 e. The molecule has 0 radical (unpaired) electrons. The van der Waals surface area contributed by atoms with Crippen LogP contribution in [-0.2, 0) is 6.54 Å². The monoisotopic (exact) mass is 207 g/mol. The molecule has 0 aliphatic heterocycles. The molecule has 0 N–H and O–H groups in total. The van der Waals surface area contributed by atoms with Crippen molar-refractivity contribution < 1.29 is 0 Å². The average molecular weight is 208 g/mol. The Morgan fingerprint density at radius 2 is 2.00 bits per heavy atom. The maximum absolute atomic E-state index is 5.62. The van der Waals surface area contributed by atoms with Gasteiger partial charge >= 0.3 is 0 Å². The summed E-state index contributed by atoms with van der Waals surface area (Å²) in [4.78, 5) is 3.96. The molecule has 0 aliphatic carbocycles. The summed E-state index contributed by atoms with van der Waals surface area (Å²) < 4.78 is 1.84. The number of aromatic nitrogens is 3. The topological polar surface area (TPSA) is 30.7 Å². The minimum Gasteiger partial charge on any atom is -0.271 e. The molecule has 0 amide bonds. The summed E-state index contributed by atoms with van der Waals surface area (Å²) in [5, 5.41) is 4.37. The highest BCUT2D eigenvalue weighted by molar-refractivity contribution is 6.17. The summed E-state index contributed by atoms with van der Waals surface area (Å²) in [6.45, 7) is 0.743. The molecule has 2 aromatic rings. The molecule has 2 rings (SSSR count). The number of aryl methyl sites for hydroxylation is 1. The molecule has 0 saturated carbocycles. The first-order chi connectivity index (χ1) is 6.90. The fourth-order valence-corrected chi connectivity index (χ4v) is 1.42. The van der Waals surface area contributed by atoms with Crippen molar-refractivity contribution in [2.75, 3.05) is 5.88 Å². The molecule has 14 heavy (non-hydrogen) atoms. The predicted octanol–water partition coefficient (Wildman–Crippen LogP) is 2.18. The summed E-state index contributed by atoms with van der Waals surface area (Å²) in [7, 11) is 0. The van der Waals surface area contributed by atoms with Crippen molar-refractivity contribution >= 4 is 11.6 Å². The van der Waals surface area contributed by atoms with E-state index in [4.69, 9.17) is 11.6 Å². The van der Waals surface area contributed by atoms with Crippen LogP contribution in [0.25, 0.3) is 11.3 Å². The molecule has 3 nitrogen and oxygen atoms in total. The van der Waals surface area contributed by atoms with Gasteiger partial charge in [-0.1, -0.05) is 0 Å². The van der Waals surface area contributed by atoms with Crippen molar-refractivity contribution in [1.29, 1.82) is 0 Å². The van der Waals surface area contributed by atoms with Gasteiger partial charge in [-0.2, -0.15) is 5.10 Å². The van der Waals surface area contributed by atoms with Crippen LogP contribution in [0.4, 0.5) is 0 Å². The maximum atomic E-state index is 5.62. The summed E-state index contributed by atoms with van der Waals surface area (Å²) in [6, 6.07) is 5.85. The third-order valence-corrected chi connectivity index (χ3v) is 2.10. The molecular weight excluding hydrogens is 198 g/mol. The SMILES string of the molecule is ClCCn1ccc(-c2ccncc2)n1. The van der Waals surface area contributed by atoms with Gasteiger partial charge in [-0.25, -0.2) is 0 Å². The van der Waals surface area contributed by atoms with Crippen LogP contribution in [0.3, 0.4) is 0 Å². The molecular formula is C10H10ClN3. The Morgan fingerprint density at radius 1 is 1.21 bits per heavy atom. The molecule has 0 spiro atoms. The van der Waals surface area contributed by atoms with Crippen LogP contribution in [0, 0.1) is 0 Å². The molecule has 0 fully saturated rings. The van der Waals surface area contributed by atoms with Gasteiger partial charge in [0.05, 0.1) is 12.2 Å². The Balaban J connectivity index is 2.25. The number of hydrogen-bond acceptors (Lipinski definition) is 2. The van der Waals surface area contributed by atoms with Gasteiger partial charge < -0.3 is 0 Å². The lowest BCUT2D eigenvalue weighted by atomic mass is 10.2. The van der Waals surface area contributed by atoms with Gasteiger partial charge in [-0.05, 0) is 18.2 Å². The summed E-state index contributed by atoms with van der Waals surface area (Å²) in [5.41, 5.74) is 2.03. The van der Waals surface area contributed by atoms with Gasteiger partial charge in [-0.3, -0.25) is 9.67 Å². The van der Waals surface area contributed by atoms with Crippen LogP contribution in [0.1, 0.15) is 0 Å². The summed E-state index contributed by atoms with van der Waals surface area (Å²) in [6.07, 6.45) is 5.45. The molecule has 0 bridgehead atoms. The first-order valence-electron chi connectivity index (χ1n) is 4.40. The zero-order chi connectivity index (χ0) is 9.80. The lowest BCUT2D eigenvalue weighted by Crippen LogP contribution is -1.99. The fraction of sp³-hybridized carbons (Fsp3) is 0.200. The minimum absolute atomic E-state index is 0.581. The highest BCUT2D eigenvalue weighted by atomic mass is 35.5. The van der Waals surface area contributed by atoms with E-state index in [1.165, 1.54) is 0 Å². The van der Waals surface area contributed by atoms with E-state index in [2.05, 4.69) is 10.1 Å². The second-order valence-corrected chi connectivity index (χ2v) is 3.27. The third kappa shape index (κ3) is 1.93. The van der Waals surface area contributed by atoms with E-state index >= 15 is 0 Å². The number of nitrogens with zero attached hydrogens (tertiary/aromatic N) is 3. The lowest BCUT2D eigenvalue weighted by Gasteiger charge is -1.96. The Hall–Kier alpha value is -1.35. The number of hydrogen-bond donors (Lipinski definition) is 0. The first kappa shape index (κ1) is 9.21. The van der Waals surface area contributed by atoms with Crippen molar-refractivity contribution in [3.05, 3.63) is 36.8 Å². The minimum atomic E-state index is 0.581. The number of rotatable bonds is 3. The van der Waals surface area contributed by atoms with E-state index in [1.807, 2.05) is 29.1 Å². The maximum Gasteiger partial charge on any atom is 0.0924 e. The van der Waals surface area contributed by atoms with Crippen molar-refractivity contribution in [2.45, 2.75) is 6.54 Å². The van der Waals surface area contributed by atoms with Crippen molar-refractivity contribution in [3.63, 3.8) is 0 Å². The molecule has 0 saturated heterocycles. The normalized spacial score (nSPS) is 10.4. The predicted molar refractivity (Wildman–Crippen MR) is 56.2 cm³/mol. The second kappa shape index (κ2) is 4.24. The van der Waals surface area contributed by atoms with Gasteiger partial charge in [0.1, 0.15) is 0 Å². The van der Waals surface area contributed by atoms with Gasteiger partial charge in [0, 0.05) is 30.0 Å². The Labute approximate surface area is 87.3 Å². The standard InChI is InChI=1S/C10H10ClN3/c11-4-8-14-7-3-10(13-14)9-1-5-12-6-2-9/h1-3,5-7H,4,8H2. The molecule has 0 unspecified atom stereocenters. The molecule has 0 aromatic carbocycles. The average Bonchev–Trinajstić information content (AvgIpc) is 2.68. The molecule has 2 aromatic heterocycles. The van der Waals surface area contributed by atoms with Gasteiger partial charge in [0.15, 0.2) is 0 Å². The van der Waals surface area contributed by atoms with Crippen LogP contribution in [0.5, 0.6) is 0 Å². The summed E-state index contributed by atoms with van der Waals surface area (Å²) in [5.74, 6) is 0.581. The molecule has 2 heterocycles. The van der Waals surface area contributed by atoms with E-state index in [9.17, 15) is 0 Å². The summed E-state index contributed by atoms with van der Waals surface area (Å²) >= 11 is 5.62. The van der Waals surface area contributed by atoms with Gasteiger partial charge in [-0.15, -0.1) is 11.6 Å². The van der Waals surface area contributed by atoms with Crippen LogP contribution in [0.2, 0.25) is 0 Å². The molecule has 0 aliphatic rings. The number of alkyl halides is 1. The zero-order valence-corrected chi connectivity index (χ0v) is 8.35. The Bertz CT molecular complexity index is 397. The fourth-order valence-electron chi connectivity index (χ4n) is 1.25. The molecule has 72 valence electrons. The first-order valence-corrected chi connectivity index (χ1v) is 4.93. The number of halogens is 1. The Morgan fingerprint density at radius 3 is 2.71 bits per heavy atom. The van der Waals surface area contributed by atoms with E-state index in [0.717, 1.165) is 17.8 Å². The highest BCUT2D eigenvalue weighted by Crippen LogP contribution is 2.14. The molecule has 0 atom stereocenters. The Kier molecular flexibility index (Phi) is 2.79. The largest absolute Gasteiger partial charge is 0.271 e. The van der Waals surface area contributed by atoms with Crippen LogP contribution >= 0.6 is 11.6 Å². The van der Waals surface area contributed by atoms with Gasteiger partial charge in [0.25, 0.3) is 0 Å².